The van der Waals surface area contributed by atoms with Crippen molar-refractivity contribution in [2.45, 2.75) is 37.4 Å². The third-order valence-electron chi connectivity index (χ3n) is 5.19. The maximum absolute atomic E-state index is 12.4. The Labute approximate surface area is 166 Å². The predicted octanol–water partition coefficient (Wildman–Crippen LogP) is 0.875. The Morgan fingerprint density at radius 1 is 1.18 bits per heavy atom. The SMILES string of the molecule is CCOc1ccc([C@@H]2CCC[NH+]2Cn2cc(S(=O)(=O)N(C)C)ccc2=O)cc1. The topological polar surface area (TPSA) is 73.1 Å². The third kappa shape index (κ3) is 4.29. The smallest absolute Gasteiger partial charge is 0.254 e. The van der Waals surface area contributed by atoms with Crippen LogP contribution >= 0.6 is 0 Å². The van der Waals surface area contributed by atoms with E-state index >= 15 is 0 Å². The van der Waals surface area contributed by atoms with Crippen LogP contribution in [-0.2, 0) is 16.7 Å². The molecule has 1 fully saturated rings. The highest BCUT2D eigenvalue weighted by atomic mass is 32.2. The van der Waals surface area contributed by atoms with Crippen molar-refractivity contribution in [1.29, 1.82) is 0 Å². The van der Waals surface area contributed by atoms with Crippen LogP contribution in [0.4, 0.5) is 0 Å². The van der Waals surface area contributed by atoms with Crippen LogP contribution in [0.2, 0.25) is 0 Å². The lowest BCUT2D eigenvalue weighted by Crippen LogP contribution is -3.09. The Balaban J connectivity index is 1.83. The summed E-state index contributed by atoms with van der Waals surface area (Å²) in [6.45, 7) is 3.97. The van der Waals surface area contributed by atoms with E-state index in [0.717, 1.165) is 29.4 Å². The Kier molecular flexibility index (Phi) is 6.22. The average Bonchev–Trinajstić information content (AvgIpc) is 3.12. The molecule has 1 aliphatic rings. The minimum Gasteiger partial charge on any atom is -0.494 e. The molecule has 2 aromatic rings. The second-order valence-corrected chi connectivity index (χ2v) is 9.38. The van der Waals surface area contributed by atoms with Gasteiger partial charge < -0.3 is 9.64 Å². The molecular formula is C20H28N3O4S+. The first-order valence-corrected chi connectivity index (χ1v) is 11.0. The maximum atomic E-state index is 12.4. The van der Waals surface area contributed by atoms with Crippen molar-refractivity contribution in [2.75, 3.05) is 27.2 Å². The number of hydrogen-bond donors (Lipinski definition) is 1. The monoisotopic (exact) mass is 406 g/mol. The fourth-order valence-corrected chi connectivity index (χ4v) is 4.60. The Morgan fingerprint density at radius 2 is 1.89 bits per heavy atom. The van der Waals surface area contributed by atoms with Crippen LogP contribution in [0.25, 0.3) is 0 Å². The van der Waals surface area contributed by atoms with Crippen LogP contribution in [0.1, 0.15) is 31.4 Å². The van der Waals surface area contributed by atoms with Gasteiger partial charge in [0.2, 0.25) is 10.0 Å². The van der Waals surface area contributed by atoms with Gasteiger partial charge in [0.25, 0.3) is 5.56 Å². The van der Waals surface area contributed by atoms with Crippen LogP contribution in [0.3, 0.4) is 0 Å². The summed E-state index contributed by atoms with van der Waals surface area (Å²) < 4.78 is 33.0. The van der Waals surface area contributed by atoms with Crippen molar-refractivity contribution in [1.82, 2.24) is 8.87 Å². The van der Waals surface area contributed by atoms with Gasteiger partial charge in [0.05, 0.1) is 18.0 Å². The fraction of sp³-hybridized carbons (Fsp3) is 0.450. The van der Waals surface area contributed by atoms with Crippen LogP contribution in [-0.4, -0.2) is 44.5 Å². The average molecular weight is 407 g/mol. The van der Waals surface area contributed by atoms with E-state index in [1.165, 1.54) is 47.5 Å². The summed E-state index contributed by atoms with van der Waals surface area (Å²) in [7, 11) is -0.606. The normalized spacial score (nSPS) is 19.9. The number of sulfonamides is 1. The molecule has 2 heterocycles. The molecule has 152 valence electrons. The second kappa shape index (κ2) is 8.46. The number of quaternary nitrogens is 1. The first-order valence-electron chi connectivity index (χ1n) is 9.53. The summed E-state index contributed by atoms with van der Waals surface area (Å²) in [5, 5.41) is 0. The molecule has 7 nitrogen and oxygen atoms in total. The molecule has 2 atom stereocenters. The number of hydrogen-bond acceptors (Lipinski definition) is 4. The standard InChI is InChI=1S/C20H27N3O4S/c1-4-27-17-9-7-16(8-10-17)19-6-5-13-22(19)15-23-14-18(11-12-20(23)24)28(25,26)21(2)3/h7-12,14,19H,4-6,13,15H2,1-3H3/p+1/t19-/m0/s1. The van der Waals surface area contributed by atoms with Crippen LogP contribution < -0.4 is 15.2 Å². The lowest BCUT2D eigenvalue weighted by atomic mass is 10.0. The molecule has 0 aliphatic carbocycles. The van der Waals surface area contributed by atoms with Gasteiger partial charge in [-0.1, -0.05) is 0 Å². The largest absolute Gasteiger partial charge is 0.494 e. The highest BCUT2D eigenvalue weighted by Gasteiger charge is 2.30. The molecule has 28 heavy (non-hydrogen) atoms. The van der Waals surface area contributed by atoms with Crippen molar-refractivity contribution in [3.63, 3.8) is 0 Å². The molecule has 0 bridgehead atoms. The zero-order valence-corrected chi connectivity index (χ0v) is 17.4. The van der Waals surface area contributed by atoms with E-state index in [1.807, 2.05) is 19.1 Å². The van der Waals surface area contributed by atoms with Crippen LogP contribution in [0.5, 0.6) is 5.75 Å². The van der Waals surface area contributed by atoms with Crippen molar-refractivity contribution >= 4 is 10.0 Å². The zero-order chi connectivity index (χ0) is 20.3. The summed E-state index contributed by atoms with van der Waals surface area (Å²) in [6.07, 6.45) is 3.56. The van der Waals surface area contributed by atoms with Crippen LogP contribution in [0, 0.1) is 0 Å². The maximum Gasteiger partial charge on any atom is 0.254 e. The van der Waals surface area contributed by atoms with Gasteiger partial charge in [-0.05, 0) is 37.3 Å². The highest BCUT2D eigenvalue weighted by molar-refractivity contribution is 7.89. The number of rotatable bonds is 7. The van der Waals surface area contributed by atoms with Gasteiger partial charge in [-0.3, -0.25) is 9.36 Å². The van der Waals surface area contributed by atoms with Gasteiger partial charge in [-0.25, -0.2) is 12.7 Å². The first-order chi connectivity index (χ1) is 13.3. The van der Waals surface area contributed by atoms with Gasteiger partial charge in [0.15, 0.2) is 6.67 Å². The van der Waals surface area contributed by atoms with E-state index < -0.39 is 10.0 Å². The molecule has 1 unspecified atom stereocenters. The van der Waals surface area contributed by atoms with Gasteiger partial charge in [-0.2, -0.15) is 0 Å². The van der Waals surface area contributed by atoms with Crippen molar-refractivity contribution in [3.05, 3.63) is 58.5 Å². The third-order valence-corrected chi connectivity index (χ3v) is 6.98. The Hall–Kier alpha value is -2.16. The molecule has 0 amide bonds. The fourth-order valence-electron chi connectivity index (χ4n) is 3.68. The van der Waals surface area contributed by atoms with E-state index in [0.29, 0.717) is 13.3 Å². The Bertz CT molecular complexity index is 968. The summed E-state index contributed by atoms with van der Waals surface area (Å²) in [5.41, 5.74) is 1.02. The van der Waals surface area contributed by atoms with E-state index in [9.17, 15) is 13.2 Å². The second-order valence-electron chi connectivity index (χ2n) is 7.22. The van der Waals surface area contributed by atoms with Gasteiger partial charge in [0.1, 0.15) is 11.8 Å². The molecule has 1 aliphatic heterocycles. The quantitative estimate of drug-likeness (QED) is 0.741. The number of nitrogens with one attached hydrogen (secondary N) is 1. The molecular weight excluding hydrogens is 378 g/mol. The number of nitrogens with zero attached hydrogens (tertiary/aromatic N) is 2. The lowest BCUT2D eigenvalue weighted by molar-refractivity contribution is -0.940. The molecule has 3 rings (SSSR count). The molecule has 1 saturated heterocycles. The number of pyridine rings is 1. The first kappa shape index (κ1) is 20.6. The zero-order valence-electron chi connectivity index (χ0n) is 16.6. The number of benzene rings is 1. The highest BCUT2D eigenvalue weighted by Crippen LogP contribution is 2.22. The summed E-state index contributed by atoms with van der Waals surface area (Å²) in [6, 6.07) is 11.1. The van der Waals surface area contributed by atoms with E-state index in [4.69, 9.17) is 4.74 Å². The van der Waals surface area contributed by atoms with E-state index in [-0.39, 0.29) is 16.5 Å². The number of aromatic nitrogens is 1. The van der Waals surface area contributed by atoms with Crippen LogP contribution in [0.15, 0.2) is 52.3 Å². The molecule has 1 aromatic carbocycles. The number of ether oxygens (including phenoxy) is 1. The minimum atomic E-state index is -3.58. The van der Waals surface area contributed by atoms with Gasteiger partial charge in [-0.15, -0.1) is 0 Å². The summed E-state index contributed by atoms with van der Waals surface area (Å²) in [4.78, 5) is 13.7. The lowest BCUT2D eigenvalue weighted by Gasteiger charge is -2.23. The van der Waals surface area contributed by atoms with Crippen molar-refractivity contribution < 1.29 is 18.1 Å². The van der Waals surface area contributed by atoms with Crippen molar-refractivity contribution in [3.8, 4) is 5.75 Å². The minimum absolute atomic E-state index is 0.133. The predicted molar refractivity (Wildman–Crippen MR) is 107 cm³/mol. The molecule has 0 saturated carbocycles. The number of likely N-dealkylation sites (tertiary alicyclic amines) is 1. The van der Waals surface area contributed by atoms with E-state index in [2.05, 4.69) is 12.1 Å². The van der Waals surface area contributed by atoms with Crippen molar-refractivity contribution in [2.24, 2.45) is 0 Å². The molecule has 0 radical (unpaired) electrons. The van der Waals surface area contributed by atoms with Gasteiger partial charge in [0, 0.05) is 44.8 Å². The Morgan fingerprint density at radius 3 is 2.54 bits per heavy atom. The molecule has 8 heteroatoms. The van der Waals surface area contributed by atoms with E-state index in [1.54, 1.807) is 0 Å². The molecule has 1 aromatic heterocycles. The van der Waals surface area contributed by atoms with Gasteiger partial charge >= 0.3 is 0 Å². The molecule has 0 spiro atoms. The summed E-state index contributed by atoms with van der Waals surface area (Å²) >= 11 is 0. The summed E-state index contributed by atoms with van der Waals surface area (Å²) in [5.74, 6) is 0.851. The molecule has 1 N–H and O–H groups in total.